The van der Waals surface area contributed by atoms with E-state index < -0.39 is 0 Å². The maximum absolute atomic E-state index is 13.1. The Morgan fingerprint density at radius 3 is 2.87 bits per heavy atom. The van der Waals surface area contributed by atoms with E-state index in [0.29, 0.717) is 23.9 Å². The molecule has 3 aliphatic heterocycles. The molecule has 5 atom stereocenters. The van der Waals surface area contributed by atoms with Crippen molar-refractivity contribution in [2.75, 3.05) is 19.6 Å². The summed E-state index contributed by atoms with van der Waals surface area (Å²) in [5, 5.41) is 3.43. The maximum atomic E-state index is 13.1. The number of hydrogen-bond donors (Lipinski definition) is 3. The molecule has 3 heterocycles. The zero-order valence-electron chi connectivity index (χ0n) is 13.7. The molecule has 0 bridgehead atoms. The van der Waals surface area contributed by atoms with Crippen LogP contribution in [0.3, 0.4) is 0 Å². The Labute approximate surface area is 137 Å². The summed E-state index contributed by atoms with van der Waals surface area (Å²) in [5.74, 6) is 1.09. The van der Waals surface area contributed by atoms with Gasteiger partial charge in [-0.3, -0.25) is 10.2 Å². The van der Waals surface area contributed by atoms with Crippen molar-refractivity contribution in [2.45, 2.75) is 43.8 Å². The Bertz CT molecular complexity index is 563. The lowest BCUT2D eigenvalue weighted by molar-refractivity contribution is -0.134. The van der Waals surface area contributed by atoms with Gasteiger partial charge >= 0.3 is 0 Å². The first kappa shape index (κ1) is 15.1. The van der Waals surface area contributed by atoms with Crippen LogP contribution in [0.4, 0.5) is 0 Å². The molecule has 5 unspecified atom stereocenters. The van der Waals surface area contributed by atoms with Gasteiger partial charge in [-0.15, -0.1) is 0 Å². The first-order valence-corrected chi connectivity index (χ1v) is 8.81. The number of benzene rings is 1. The molecule has 3 aliphatic rings. The standard InChI is InChI=1S/C18H26N4O/c1-12-9-14(13-5-3-2-4-6-13)11-22(12)18(23)17-15-10-19-8-7-16(15)20-21-17/h2-6,12,14-17,19-21H,7-11H2,1H3. The molecule has 23 heavy (non-hydrogen) atoms. The van der Waals surface area contributed by atoms with Gasteiger partial charge in [-0.1, -0.05) is 30.3 Å². The molecule has 1 aromatic rings. The van der Waals surface area contributed by atoms with Crippen molar-refractivity contribution in [3.8, 4) is 0 Å². The normalized spacial score (nSPS) is 36.9. The Hall–Kier alpha value is -1.43. The van der Waals surface area contributed by atoms with E-state index in [2.05, 4.69) is 58.3 Å². The zero-order chi connectivity index (χ0) is 15.8. The molecule has 5 nitrogen and oxygen atoms in total. The second-order valence-corrected chi connectivity index (χ2v) is 7.21. The van der Waals surface area contributed by atoms with Gasteiger partial charge in [0.1, 0.15) is 6.04 Å². The molecular formula is C18H26N4O. The van der Waals surface area contributed by atoms with Gasteiger partial charge in [0.15, 0.2) is 0 Å². The van der Waals surface area contributed by atoms with Gasteiger partial charge < -0.3 is 10.2 Å². The van der Waals surface area contributed by atoms with E-state index in [1.807, 2.05) is 0 Å². The van der Waals surface area contributed by atoms with Gasteiger partial charge in [0, 0.05) is 37.0 Å². The average molecular weight is 314 g/mol. The highest BCUT2D eigenvalue weighted by atomic mass is 16.2. The summed E-state index contributed by atoms with van der Waals surface area (Å²) >= 11 is 0. The Morgan fingerprint density at radius 2 is 2.04 bits per heavy atom. The third-order valence-electron chi connectivity index (χ3n) is 5.78. The molecule has 3 saturated heterocycles. The summed E-state index contributed by atoms with van der Waals surface area (Å²) < 4.78 is 0. The molecule has 0 saturated carbocycles. The molecule has 0 aromatic heterocycles. The molecular weight excluding hydrogens is 288 g/mol. The van der Waals surface area contributed by atoms with Crippen molar-refractivity contribution in [1.82, 2.24) is 21.1 Å². The smallest absolute Gasteiger partial charge is 0.241 e. The second kappa shape index (κ2) is 6.23. The van der Waals surface area contributed by atoms with Gasteiger partial charge in [0.2, 0.25) is 5.91 Å². The van der Waals surface area contributed by atoms with Crippen LogP contribution < -0.4 is 16.2 Å². The highest BCUT2D eigenvalue weighted by Gasteiger charge is 2.45. The number of piperidine rings is 1. The lowest BCUT2D eigenvalue weighted by Gasteiger charge is -2.31. The highest BCUT2D eigenvalue weighted by molar-refractivity contribution is 5.83. The van der Waals surface area contributed by atoms with Gasteiger partial charge in [-0.05, 0) is 31.9 Å². The van der Waals surface area contributed by atoms with Crippen LogP contribution >= 0.6 is 0 Å². The molecule has 1 amide bonds. The quantitative estimate of drug-likeness (QED) is 0.757. The van der Waals surface area contributed by atoms with E-state index in [0.717, 1.165) is 32.5 Å². The molecule has 5 heteroatoms. The topological polar surface area (TPSA) is 56.4 Å². The maximum Gasteiger partial charge on any atom is 0.241 e. The summed E-state index contributed by atoms with van der Waals surface area (Å²) in [5.41, 5.74) is 7.95. The number of carbonyl (C=O) groups excluding carboxylic acids is 1. The van der Waals surface area contributed by atoms with Gasteiger partial charge in [-0.2, -0.15) is 0 Å². The number of nitrogens with zero attached hydrogens (tertiary/aromatic N) is 1. The van der Waals surface area contributed by atoms with E-state index in [1.165, 1.54) is 5.56 Å². The van der Waals surface area contributed by atoms with Crippen LogP contribution in [-0.4, -0.2) is 48.6 Å². The largest absolute Gasteiger partial charge is 0.338 e. The van der Waals surface area contributed by atoms with Crippen LogP contribution in [0.1, 0.15) is 31.2 Å². The number of likely N-dealkylation sites (tertiary alicyclic amines) is 1. The molecule has 1 aromatic carbocycles. The van der Waals surface area contributed by atoms with Crippen molar-refractivity contribution >= 4 is 5.91 Å². The fraction of sp³-hybridized carbons (Fsp3) is 0.611. The number of amides is 1. The first-order valence-electron chi connectivity index (χ1n) is 8.81. The molecule has 3 fully saturated rings. The van der Waals surface area contributed by atoms with Crippen LogP contribution in [0.2, 0.25) is 0 Å². The summed E-state index contributed by atoms with van der Waals surface area (Å²) in [6.07, 6.45) is 2.14. The summed E-state index contributed by atoms with van der Waals surface area (Å²) in [4.78, 5) is 15.2. The molecule has 0 spiro atoms. The summed E-state index contributed by atoms with van der Waals surface area (Å²) in [6.45, 7) is 4.98. The number of fused-ring (bicyclic) bond motifs is 1. The van der Waals surface area contributed by atoms with E-state index in [4.69, 9.17) is 0 Å². The molecule has 0 aliphatic carbocycles. The average Bonchev–Trinajstić information content (AvgIpc) is 3.19. The van der Waals surface area contributed by atoms with Crippen molar-refractivity contribution < 1.29 is 4.79 Å². The fourth-order valence-electron chi connectivity index (χ4n) is 4.44. The zero-order valence-corrected chi connectivity index (χ0v) is 13.7. The molecule has 4 rings (SSSR count). The monoisotopic (exact) mass is 314 g/mol. The van der Waals surface area contributed by atoms with E-state index in [-0.39, 0.29) is 11.9 Å². The first-order chi connectivity index (χ1) is 11.2. The Morgan fingerprint density at radius 1 is 1.22 bits per heavy atom. The van der Waals surface area contributed by atoms with Gasteiger partial charge in [-0.25, -0.2) is 5.43 Å². The number of hydrogen-bond acceptors (Lipinski definition) is 4. The van der Waals surface area contributed by atoms with Crippen LogP contribution in [-0.2, 0) is 4.79 Å². The van der Waals surface area contributed by atoms with Crippen molar-refractivity contribution in [3.05, 3.63) is 35.9 Å². The third kappa shape index (κ3) is 2.77. The van der Waals surface area contributed by atoms with Crippen LogP contribution in [0.15, 0.2) is 30.3 Å². The van der Waals surface area contributed by atoms with Crippen LogP contribution in [0, 0.1) is 5.92 Å². The number of carbonyl (C=O) groups is 1. The lowest BCUT2D eigenvalue weighted by Crippen LogP contribution is -2.51. The second-order valence-electron chi connectivity index (χ2n) is 7.21. The molecule has 124 valence electrons. The number of nitrogens with one attached hydrogen (secondary N) is 3. The molecule has 0 radical (unpaired) electrons. The minimum atomic E-state index is -0.0928. The van der Waals surface area contributed by atoms with Crippen molar-refractivity contribution in [3.63, 3.8) is 0 Å². The highest BCUT2D eigenvalue weighted by Crippen LogP contribution is 2.33. The van der Waals surface area contributed by atoms with Gasteiger partial charge in [0.25, 0.3) is 0 Å². The van der Waals surface area contributed by atoms with E-state index in [1.54, 1.807) is 0 Å². The van der Waals surface area contributed by atoms with Crippen molar-refractivity contribution in [2.24, 2.45) is 5.92 Å². The molecule has 3 N–H and O–H groups in total. The summed E-state index contributed by atoms with van der Waals surface area (Å²) in [7, 11) is 0. The van der Waals surface area contributed by atoms with Crippen LogP contribution in [0.25, 0.3) is 0 Å². The SMILES string of the molecule is CC1CC(c2ccccc2)CN1C(=O)C1NNC2CCNCC21. The lowest BCUT2D eigenvalue weighted by atomic mass is 9.89. The van der Waals surface area contributed by atoms with E-state index >= 15 is 0 Å². The minimum absolute atomic E-state index is 0.0928. The number of hydrazine groups is 1. The number of rotatable bonds is 2. The third-order valence-corrected chi connectivity index (χ3v) is 5.78. The summed E-state index contributed by atoms with van der Waals surface area (Å²) in [6, 6.07) is 11.2. The minimum Gasteiger partial charge on any atom is -0.338 e. The van der Waals surface area contributed by atoms with Crippen molar-refractivity contribution in [1.29, 1.82) is 0 Å². The Kier molecular flexibility index (Phi) is 4.09. The van der Waals surface area contributed by atoms with E-state index in [9.17, 15) is 4.79 Å². The Balaban J connectivity index is 1.46. The predicted octanol–water partition coefficient (Wildman–Crippen LogP) is 0.846. The van der Waals surface area contributed by atoms with Crippen LogP contribution in [0.5, 0.6) is 0 Å². The van der Waals surface area contributed by atoms with Gasteiger partial charge in [0.05, 0.1) is 0 Å². The fourth-order valence-corrected chi connectivity index (χ4v) is 4.44. The predicted molar refractivity (Wildman–Crippen MR) is 89.8 cm³/mol.